The van der Waals surface area contributed by atoms with Gasteiger partial charge in [0.25, 0.3) is 0 Å². The van der Waals surface area contributed by atoms with Gasteiger partial charge in [-0.1, -0.05) is 133 Å². The lowest BCUT2D eigenvalue weighted by Gasteiger charge is -2.31. The van der Waals surface area contributed by atoms with E-state index in [1.807, 2.05) is 0 Å². The number of rotatable bonds is 6. The molecule has 9 aromatic rings. The summed E-state index contributed by atoms with van der Waals surface area (Å²) in [4.78, 5) is 0. The van der Waals surface area contributed by atoms with E-state index in [1.54, 1.807) is 0 Å². The fraction of sp³-hybridized carbons (Fsp3) is 0.0769. The summed E-state index contributed by atoms with van der Waals surface area (Å²) in [5.41, 5.74) is 13.5. The molecule has 0 fully saturated rings. The monoisotopic (exact) mass is 720 g/mol. The smallest absolute Gasteiger partial charge is 0.160 e. The molecule has 2 aliphatic rings. The van der Waals surface area contributed by atoms with Gasteiger partial charge >= 0.3 is 0 Å². The minimum Gasteiger partial charge on any atom is -0.359 e. The van der Waals surface area contributed by atoms with Gasteiger partial charge in [0, 0.05) is 33.2 Å². The number of hydrogen-bond donors (Lipinski definition) is 2. The third-order valence-corrected chi connectivity index (χ3v) is 11.7. The van der Waals surface area contributed by atoms with Gasteiger partial charge in [-0.3, -0.25) is 5.32 Å². The fourth-order valence-electron chi connectivity index (χ4n) is 9.04. The molecule has 0 amide bonds. The fourth-order valence-corrected chi connectivity index (χ4v) is 9.04. The van der Waals surface area contributed by atoms with Crippen LogP contribution >= 0.6 is 0 Å². The SMILES string of the molecule is C1=CCC(c2cc(-c3ccccc3)cc(C3C=CNC(n4c5ccccc5c5cc(-c6ccc7c(c6)c6ccccc6n7-c6ccccc6)ccc54)N3)c2)C=C1. The predicted octanol–water partition coefficient (Wildman–Crippen LogP) is 12.7. The van der Waals surface area contributed by atoms with E-state index in [0.29, 0.717) is 5.92 Å². The van der Waals surface area contributed by atoms with Crippen molar-refractivity contribution in [3.05, 3.63) is 211 Å². The first-order valence-corrected chi connectivity index (χ1v) is 19.6. The summed E-state index contributed by atoms with van der Waals surface area (Å²) < 4.78 is 4.80. The highest BCUT2D eigenvalue weighted by Gasteiger charge is 2.25. The standard InChI is InChI=1S/C52H40N4/c1-4-14-35(15-5-1)39-30-40(36-16-6-2-7-17-36)32-41(31-39)47-28-29-53-52(54-47)56-49-23-13-11-21-44(49)46-34-38(25-27-51(46)56)37-24-26-50-45(33-37)43-20-10-12-22-48(43)55(50)42-18-8-3-9-19-42/h1-16,18-34,36,47,52-54H,17H2. The van der Waals surface area contributed by atoms with Crippen molar-refractivity contribution in [3.8, 4) is 27.9 Å². The molecule has 0 bridgehead atoms. The van der Waals surface area contributed by atoms with Crippen LogP contribution in [0.4, 0.5) is 0 Å². The second kappa shape index (κ2) is 13.5. The minimum absolute atomic E-state index is 0.0204. The molecule has 0 spiro atoms. The van der Waals surface area contributed by atoms with Crippen molar-refractivity contribution in [2.45, 2.75) is 24.7 Å². The molecule has 0 saturated heterocycles. The third-order valence-electron chi connectivity index (χ3n) is 11.7. The molecule has 4 heteroatoms. The Labute approximate surface area is 326 Å². The lowest BCUT2D eigenvalue weighted by Crippen LogP contribution is -2.40. The molecule has 1 aliphatic carbocycles. The quantitative estimate of drug-likeness (QED) is 0.179. The highest BCUT2D eigenvalue weighted by molar-refractivity contribution is 6.12. The van der Waals surface area contributed by atoms with Crippen LogP contribution in [0.3, 0.4) is 0 Å². The summed E-state index contributed by atoms with van der Waals surface area (Å²) in [6.07, 6.45) is 14.2. The highest BCUT2D eigenvalue weighted by atomic mass is 15.3. The lowest BCUT2D eigenvalue weighted by molar-refractivity contribution is 0.342. The molecule has 7 aromatic carbocycles. The normalized spacial score (nSPS) is 18.0. The number of nitrogens with zero attached hydrogens (tertiary/aromatic N) is 2. The Morgan fingerprint density at radius 3 is 1.86 bits per heavy atom. The van der Waals surface area contributed by atoms with Crippen LogP contribution in [0, 0.1) is 0 Å². The molecule has 2 aromatic heterocycles. The largest absolute Gasteiger partial charge is 0.359 e. The van der Waals surface area contributed by atoms with E-state index in [4.69, 9.17) is 0 Å². The summed E-state index contributed by atoms with van der Waals surface area (Å²) in [6.45, 7) is 0. The molecule has 268 valence electrons. The van der Waals surface area contributed by atoms with Gasteiger partial charge in [0.2, 0.25) is 0 Å². The van der Waals surface area contributed by atoms with E-state index in [1.165, 1.54) is 82.7 Å². The van der Waals surface area contributed by atoms with E-state index in [2.05, 4.69) is 220 Å². The Bertz CT molecular complexity index is 3020. The Morgan fingerprint density at radius 2 is 1.09 bits per heavy atom. The zero-order chi connectivity index (χ0) is 37.0. The van der Waals surface area contributed by atoms with Crippen LogP contribution in [0.2, 0.25) is 0 Å². The topological polar surface area (TPSA) is 33.9 Å². The van der Waals surface area contributed by atoms with Crippen LogP contribution in [0.5, 0.6) is 0 Å². The van der Waals surface area contributed by atoms with Gasteiger partial charge in [0.15, 0.2) is 6.29 Å². The van der Waals surface area contributed by atoms with Crippen molar-refractivity contribution in [1.29, 1.82) is 0 Å². The summed E-state index contributed by atoms with van der Waals surface area (Å²) in [6, 6.07) is 60.0. The van der Waals surface area contributed by atoms with Crippen LogP contribution in [0.25, 0.3) is 71.6 Å². The average molecular weight is 721 g/mol. The average Bonchev–Trinajstić information content (AvgIpc) is 3.79. The van der Waals surface area contributed by atoms with Crippen LogP contribution in [-0.2, 0) is 0 Å². The molecular weight excluding hydrogens is 681 g/mol. The summed E-state index contributed by atoms with van der Waals surface area (Å²) in [5.74, 6) is 0.360. The number of hydrogen-bond acceptors (Lipinski definition) is 2. The van der Waals surface area contributed by atoms with Crippen molar-refractivity contribution in [1.82, 2.24) is 19.8 Å². The predicted molar refractivity (Wildman–Crippen MR) is 234 cm³/mol. The molecule has 0 saturated carbocycles. The summed E-state index contributed by atoms with van der Waals surface area (Å²) in [5, 5.41) is 12.7. The second-order valence-electron chi connectivity index (χ2n) is 15.0. The van der Waals surface area contributed by atoms with Crippen LogP contribution in [0.1, 0.15) is 35.8 Å². The van der Waals surface area contributed by atoms with Gasteiger partial charge in [-0.2, -0.15) is 0 Å². The molecule has 11 rings (SSSR count). The molecule has 3 unspecified atom stereocenters. The summed E-state index contributed by atoms with van der Waals surface area (Å²) in [7, 11) is 0. The van der Waals surface area contributed by atoms with E-state index in [-0.39, 0.29) is 12.3 Å². The van der Waals surface area contributed by atoms with Gasteiger partial charge in [0.05, 0.1) is 28.1 Å². The van der Waals surface area contributed by atoms with Crippen molar-refractivity contribution >= 4 is 43.6 Å². The van der Waals surface area contributed by atoms with Crippen LogP contribution in [0.15, 0.2) is 200 Å². The van der Waals surface area contributed by atoms with E-state index in [0.717, 1.165) is 6.42 Å². The van der Waals surface area contributed by atoms with E-state index >= 15 is 0 Å². The maximum absolute atomic E-state index is 4.00. The molecule has 1 aliphatic heterocycles. The van der Waals surface area contributed by atoms with Crippen molar-refractivity contribution in [2.75, 3.05) is 0 Å². The van der Waals surface area contributed by atoms with E-state index < -0.39 is 0 Å². The van der Waals surface area contributed by atoms with Gasteiger partial charge in [-0.25, -0.2) is 0 Å². The minimum atomic E-state index is -0.153. The Morgan fingerprint density at radius 1 is 0.464 bits per heavy atom. The van der Waals surface area contributed by atoms with Gasteiger partial charge in [-0.05, 0) is 107 Å². The Hall–Kier alpha value is -6.88. The number of nitrogens with one attached hydrogen (secondary N) is 2. The van der Waals surface area contributed by atoms with E-state index in [9.17, 15) is 0 Å². The molecule has 4 nitrogen and oxygen atoms in total. The number of allylic oxidation sites excluding steroid dienone is 4. The molecule has 3 atom stereocenters. The molecule has 0 radical (unpaired) electrons. The number of aromatic nitrogens is 2. The van der Waals surface area contributed by atoms with Crippen LogP contribution < -0.4 is 10.6 Å². The number of fused-ring (bicyclic) bond motifs is 6. The summed E-state index contributed by atoms with van der Waals surface area (Å²) >= 11 is 0. The molecule has 3 heterocycles. The van der Waals surface area contributed by atoms with Crippen molar-refractivity contribution < 1.29 is 0 Å². The third kappa shape index (κ3) is 5.49. The van der Waals surface area contributed by atoms with Crippen molar-refractivity contribution in [2.24, 2.45) is 0 Å². The molecule has 2 N–H and O–H groups in total. The lowest BCUT2D eigenvalue weighted by atomic mass is 9.87. The zero-order valence-corrected chi connectivity index (χ0v) is 30.9. The maximum atomic E-state index is 4.00. The van der Waals surface area contributed by atoms with Gasteiger partial charge in [-0.15, -0.1) is 0 Å². The maximum Gasteiger partial charge on any atom is 0.160 e. The Balaban J connectivity index is 0.987. The molecule has 56 heavy (non-hydrogen) atoms. The molecular formula is C52H40N4. The highest BCUT2D eigenvalue weighted by Crippen LogP contribution is 2.39. The first-order valence-electron chi connectivity index (χ1n) is 19.6. The van der Waals surface area contributed by atoms with Gasteiger partial charge in [0.1, 0.15) is 0 Å². The zero-order valence-electron chi connectivity index (χ0n) is 30.9. The van der Waals surface area contributed by atoms with Gasteiger partial charge < -0.3 is 14.5 Å². The first kappa shape index (κ1) is 32.5. The number of benzene rings is 7. The Kier molecular flexibility index (Phi) is 7.82. The van der Waals surface area contributed by atoms with Crippen molar-refractivity contribution in [3.63, 3.8) is 0 Å². The number of para-hydroxylation sites is 3. The first-order chi connectivity index (χ1) is 27.8. The van der Waals surface area contributed by atoms with Crippen LogP contribution in [-0.4, -0.2) is 9.13 Å². The second-order valence-corrected chi connectivity index (χ2v) is 15.0.